The van der Waals surface area contributed by atoms with Crippen molar-refractivity contribution < 1.29 is 0 Å². The molecular weight excluding hydrogens is 176 g/mol. The highest BCUT2D eigenvalue weighted by molar-refractivity contribution is 5.40. The molecule has 2 heterocycles. The van der Waals surface area contributed by atoms with Crippen molar-refractivity contribution in [2.24, 2.45) is 0 Å². The van der Waals surface area contributed by atoms with Gasteiger partial charge in [0.05, 0.1) is 0 Å². The molecule has 1 fully saturated rings. The summed E-state index contributed by atoms with van der Waals surface area (Å²) < 4.78 is 0. The van der Waals surface area contributed by atoms with Crippen molar-refractivity contribution in [2.75, 3.05) is 23.7 Å². The van der Waals surface area contributed by atoms with Crippen LogP contribution in [0.4, 0.5) is 11.8 Å². The molecule has 0 aliphatic carbocycles. The summed E-state index contributed by atoms with van der Waals surface area (Å²) in [6, 6.07) is 1.80. The monoisotopic (exact) mass is 192 g/mol. The highest BCUT2D eigenvalue weighted by Crippen LogP contribution is 2.16. The van der Waals surface area contributed by atoms with Crippen LogP contribution in [-0.2, 0) is 0 Å². The van der Waals surface area contributed by atoms with E-state index < -0.39 is 0 Å². The van der Waals surface area contributed by atoms with Gasteiger partial charge in [-0.15, -0.1) is 0 Å². The van der Waals surface area contributed by atoms with E-state index in [2.05, 4.69) is 14.9 Å². The normalized spacial score (nSPS) is 17.1. The first-order valence-electron chi connectivity index (χ1n) is 5.12. The topological polar surface area (TPSA) is 55.0 Å². The van der Waals surface area contributed by atoms with Crippen LogP contribution in [0.5, 0.6) is 0 Å². The maximum atomic E-state index is 5.69. The molecule has 14 heavy (non-hydrogen) atoms. The second kappa shape index (κ2) is 3.82. The second-order valence-corrected chi connectivity index (χ2v) is 3.78. The molecular formula is C10H16N4. The Hall–Kier alpha value is -1.32. The second-order valence-electron chi connectivity index (χ2n) is 3.78. The number of aryl methyl sites for hydroxylation is 1. The fourth-order valence-electron chi connectivity index (χ4n) is 1.81. The Morgan fingerprint density at radius 3 is 2.57 bits per heavy atom. The van der Waals surface area contributed by atoms with Crippen molar-refractivity contribution in [1.29, 1.82) is 0 Å². The van der Waals surface area contributed by atoms with Gasteiger partial charge in [-0.05, 0) is 26.2 Å². The van der Waals surface area contributed by atoms with Crippen LogP contribution in [-0.4, -0.2) is 23.1 Å². The third-order valence-electron chi connectivity index (χ3n) is 2.50. The Morgan fingerprint density at radius 1 is 1.21 bits per heavy atom. The van der Waals surface area contributed by atoms with E-state index in [0.717, 1.165) is 24.7 Å². The average Bonchev–Trinajstić information content (AvgIpc) is 2.18. The molecule has 0 unspecified atom stereocenters. The van der Waals surface area contributed by atoms with Gasteiger partial charge in [-0.2, -0.15) is 4.98 Å². The Kier molecular flexibility index (Phi) is 2.52. The van der Waals surface area contributed by atoms with E-state index in [9.17, 15) is 0 Å². The van der Waals surface area contributed by atoms with Crippen molar-refractivity contribution in [1.82, 2.24) is 9.97 Å². The molecule has 0 radical (unpaired) electrons. The van der Waals surface area contributed by atoms with E-state index in [0.29, 0.717) is 5.82 Å². The number of aromatic nitrogens is 2. The summed E-state index contributed by atoms with van der Waals surface area (Å²) in [6.45, 7) is 4.07. The lowest BCUT2D eigenvalue weighted by molar-refractivity contribution is 0.568. The van der Waals surface area contributed by atoms with Crippen LogP contribution in [0.2, 0.25) is 0 Å². The zero-order chi connectivity index (χ0) is 9.97. The van der Waals surface area contributed by atoms with Crippen LogP contribution in [0.25, 0.3) is 0 Å². The van der Waals surface area contributed by atoms with Crippen LogP contribution >= 0.6 is 0 Å². The molecule has 4 nitrogen and oxygen atoms in total. The molecule has 0 saturated carbocycles. The molecule has 0 aromatic carbocycles. The fraction of sp³-hybridized carbons (Fsp3) is 0.600. The maximum Gasteiger partial charge on any atom is 0.227 e. The quantitative estimate of drug-likeness (QED) is 0.730. The van der Waals surface area contributed by atoms with E-state index in [1.807, 2.05) is 6.92 Å². The summed E-state index contributed by atoms with van der Waals surface area (Å²) >= 11 is 0. The molecule has 0 spiro atoms. The van der Waals surface area contributed by atoms with E-state index >= 15 is 0 Å². The molecule has 2 N–H and O–H groups in total. The fourth-order valence-corrected chi connectivity index (χ4v) is 1.81. The first-order chi connectivity index (χ1) is 6.75. The predicted octanol–water partition coefficient (Wildman–Crippen LogP) is 1.36. The lowest BCUT2D eigenvalue weighted by Crippen LogP contribution is -2.31. The lowest BCUT2D eigenvalue weighted by Gasteiger charge is -2.26. The van der Waals surface area contributed by atoms with Gasteiger partial charge in [0, 0.05) is 24.8 Å². The van der Waals surface area contributed by atoms with Crippen LogP contribution in [0, 0.1) is 6.92 Å². The Balaban J connectivity index is 2.21. The van der Waals surface area contributed by atoms with Crippen LogP contribution in [0.1, 0.15) is 25.0 Å². The molecule has 76 valence electrons. The van der Waals surface area contributed by atoms with Gasteiger partial charge in [-0.25, -0.2) is 4.98 Å². The summed E-state index contributed by atoms with van der Waals surface area (Å²) in [5.41, 5.74) is 6.63. The highest BCUT2D eigenvalue weighted by Gasteiger charge is 2.13. The first-order valence-corrected chi connectivity index (χ1v) is 5.12. The molecule has 0 amide bonds. The summed E-state index contributed by atoms with van der Waals surface area (Å²) in [7, 11) is 0. The number of anilines is 2. The summed E-state index contributed by atoms with van der Waals surface area (Å²) in [6.07, 6.45) is 3.78. The SMILES string of the molecule is Cc1cc(N)nc(N2CCCCC2)n1. The molecule has 1 aliphatic heterocycles. The largest absolute Gasteiger partial charge is 0.384 e. The number of hydrogen-bond donors (Lipinski definition) is 1. The first kappa shape index (κ1) is 9.24. The Labute approximate surface area is 84.2 Å². The van der Waals surface area contributed by atoms with Gasteiger partial charge in [-0.1, -0.05) is 0 Å². The average molecular weight is 192 g/mol. The standard InChI is InChI=1S/C10H16N4/c1-8-7-9(11)13-10(12-8)14-5-3-2-4-6-14/h7H,2-6H2,1H3,(H2,11,12,13). The van der Waals surface area contributed by atoms with Crippen molar-refractivity contribution in [3.63, 3.8) is 0 Å². The number of rotatable bonds is 1. The van der Waals surface area contributed by atoms with Gasteiger partial charge in [0.2, 0.25) is 5.95 Å². The molecule has 1 aromatic heterocycles. The molecule has 2 rings (SSSR count). The number of hydrogen-bond acceptors (Lipinski definition) is 4. The van der Waals surface area contributed by atoms with Crippen LogP contribution < -0.4 is 10.6 Å². The Bertz CT molecular complexity index is 298. The van der Waals surface area contributed by atoms with Gasteiger partial charge in [0.25, 0.3) is 0 Å². The van der Waals surface area contributed by atoms with Gasteiger partial charge in [-0.3, -0.25) is 0 Å². The highest BCUT2D eigenvalue weighted by atomic mass is 15.3. The third-order valence-corrected chi connectivity index (χ3v) is 2.50. The van der Waals surface area contributed by atoms with Crippen molar-refractivity contribution >= 4 is 11.8 Å². The number of nitrogens with zero attached hydrogens (tertiary/aromatic N) is 3. The third kappa shape index (κ3) is 1.95. The maximum absolute atomic E-state index is 5.69. The Morgan fingerprint density at radius 2 is 1.93 bits per heavy atom. The zero-order valence-electron chi connectivity index (χ0n) is 8.53. The molecule has 1 saturated heterocycles. The van der Waals surface area contributed by atoms with Crippen molar-refractivity contribution in [3.8, 4) is 0 Å². The number of nitrogens with two attached hydrogens (primary N) is 1. The zero-order valence-corrected chi connectivity index (χ0v) is 8.53. The minimum absolute atomic E-state index is 0.568. The van der Waals surface area contributed by atoms with Crippen molar-refractivity contribution in [2.45, 2.75) is 26.2 Å². The minimum Gasteiger partial charge on any atom is -0.384 e. The smallest absolute Gasteiger partial charge is 0.227 e. The molecule has 1 aromatic rings. The summed E-state index contributed by atoms with van der Waals surface area (Å²) in [4.78, 5) is 10.9. The number of piperidine rings is 1. The molecule has 0 atom stereocenters. The van der Waals surface area contributed by atoms with E-state index in [1.54, 1.807) is 6.07 Å². The lowest BCUT2D eigenvalue weighted by atomic mass is 10.1. The van der Waals surface area contributed by atoms with Gasteiger partial charge in [0.1, 0.15) is 5.82 Å². The molecule has 4 heteroatoms. The molecule has 0 bridgehead atoms. The summed E-state index contributed by atoms with van der Waals surface area (Å²) in [5.74, 6) is 1.36. The molecule has 1 aliphatic rings. The van der Waals surface area contributed by atoms with Crippen LogP contribution in [0.3, 0.4) is 0 Å². The number of nitrogen functional groups attached to an aromatic ring is 1. The van der Waals surface area contributed by atoms with Gasteiger partial charge >= 0.3 is 0 Å². The van der Waals surface area contributed by atoms with Crippen molar-refractivity contribution in [3.05, 3.63) is 11.8 Å². The van der Waals surface area contributed by atoms with Gasteiger partial charge < -0.3 is 10.6 Å². The minimum atomic E-state index is 0.568. The predicted molar refractivity (Wildman–Crippen MR) is 57.2 cm³/mol. The van der Waals surface area contributed by atoms with Crippen LogP contribution in [0.15, 0.2) is 6.07 Å². The van der Waals surface area contributed by atoms with E-state index in [-0.39, 0.29) is 0 Å². The van der Waals surface area contributed by atoms with Gasteiger partial charge in [0.15, 0.2) is 0 Å². The van der Waals surface area contributed by atoms with E-state index in [1.165, 1.54) is 19.3 Å². The van der Waals surface area contributed by atoms with E-state index in [4.69, 9.17) is 5.73 Å². The summed E-state index contributed by atoms with van der Waals surface area (Å²) in [5, 5.41) is 0.